The summed E-state index contributed by atoms with van der Waals surface area (Å²) in [6.07, 6.45) is 0. The molecule has 1 fully saturated rings. The Bertz CT molecular complexity index is 194. The molecule has 10 heavy (non-hydrogen) atoms. The number of imide groups is 1. The lowest BCUT2D eigenvalue weighted by atomic mass is 10.3. The highest BCUT2D eigenvalue weighted by atomic mass is 127. The SMILES string of the molecule is O=C1NCC(Br)(I)C(=O)N1. The molecule has 1 aliphatic rings. The topological polar surface area (TPSA) is 58.2 Å². The van der Waals surface area contributed by atoms with Gasteiger partial charge in [0, 0.05) is 0 Å². The second-order valence-corrected chi connectivity index (χ2v) is 6.52. The Morgan fingerprint density at radius 2 is 2.20 bits per heavy atom. The lowest BCUT2D eigenvalue weighted by Gasteiger charge is -2.24. The molecular weight excluding hydrogens is 315 g/mol. The van der Waals surface area contributed by atoms with Gasteiger partial charge in [0.1, 0.15) is 0 Å². The average Bonchev–Trinajstić information content (AvgIpc) is 1.81. The molecule has 1 atom stereocenters. The molecule has 1 heterocycles. The summed E-state index contributed by atoms with van der Waals surface area (Å²) in [7, 11) is 0. The van der Waals surface area contributed by atoms with Gasteiger partial charge in [0.2, 0.25) is 0 Å². The zero-order valence-corrected chi connectivity index (χ0v) is 8.52. The Morgan fingerprint density at radius 3 is 2.60 bits per heavy atom. The second kappa shape index (κ2) is 2.65. The Labute approximate surface area is 79.4 Å². The quantitative estimate of drug-likeness (QED) is 0.500. The van der Waals surface area contributed by atoms with E-state index in [1.54, 1.807) is 0 Å². The van der Waals surface area contributed by atoms with Gasteiger partial charge in [-0.3, -0.25) is 10.1 Å². The molecule has 1 aliphatic heterocycles. The molecule has 0 aromatic rings. The maximum Gasteiger partial charge on any atom is 0.321 e. The Balaban J connectivity index is 2.70. The lowest BCUT2D eigenvalue weighted by molar-refractivity contribution is -0.120. The van der Waals surface area contributed by atoms with Crippen LogP contribution in [0.5, 0.6) is 0 Å². The van der Waals surface area contributed by atoms with E-state index in [-0.39, 0.29) is 5.91 Å². The van der Waals surface area contributed by atoms with Crippen molar-refractivity contribution in [1.29, 1.82) is 0 Å². The van der Waals surface area contributed by atoms with Crippen LogP contribution in [0.2, 0.25) is 0 Å². The van der Waals surface area contributed by atoms with Gasteiger partial charge in [0.05, 0.1) is 6.54 Å². The highest BCUT2D eigenvalue weighted by molar-refractivity contribution is 14.1. The fourth-order valence-electron chi connectivity index (χ4n) is 0.510. The standard InChI is InChI=1S/C4H4BrIN2O2/c5-4(6)1-7-3(10)8-2(4)9/h1H2,(H2,7,8,9,10). The van der Waals surface area contributed by atoms with Crippen molar-refractivity contribution < 1.29 is 9.59 Å². The van der Waals surface area contributed by atoms with Crippen LogP contribution < -0.4 is 10.6 Å². The number of carbonyl (C=O) groups is 2. The van der Waals surface area contributed by atoms with Gasteiger partial charge in [-0.2, -0.15) is 0 Å². The predicted molar refractivity (Wildman–Crippen MR) is 47.2 cm³/mol. The van der Waals surface area contributed by atoms with E-state index in [4.69, 9.17) is 0 Å². The molecule has 1 saturated heterocycles. The van der Waals surface area contributed by atoms with Crippen LogP contribution in [0, 0.1) is 0 Å². The smallest absolute Gasteiger partial charge is 0.321 e. The van der Waals surface area contributed by atoms with Crippen LogP contribution in [0.4, 0.5) is 4.79 Å². The molecule has 0 saturated carbocycles. The van der Waals surface area contributed by atoms with Crippen molar-refractivity contribution in [2.75, 3.05) is 6.54 Å². The molecule has 56 valence electrons. The van der Waals surface area contributed by atoms with Crippen molar-refractivity contribution in [3.8, 4) is 0 Å². The summed E-state index contributed by atoms with van der Waals surface area (Å²) in [6, 6.07) is -0.434. The van der Waals surface area contributed by atoms with E-state index in [9.17, 15) is 9.59 Å². The van der Waals surface area contributed by atoms with Crippen LogP contribution in [-0.2, 0) is 4.79 Å². The van der Waals surface area contributed by atoms with Crippen LogP contribution in [0.15, 0.2) is 0 Å². The number of hydrogen-bond donors (Lipinski definition) is 2. The molecule has 3 amide bonds. The minimum Gasteiger partial charge on any atom is -0.335 e. The molecule has 1 unspecified atom stereocenters. The summed E-state index contributed by atoms with van der Waals surface area (Å²) in [5, 5.41) is 4.60. The molecule has 0 aliphatic carbocycles. The molecule has 2 N–H and O–H groups in total. The van der Waals surface area contributed by atoms with Gasteiger partial charge in [-0.1, -0.05) is 38.5 Å². The summed E-state index contributed by atoms with van der Waals surface area (Å²) < 4.78 is -0.682. The molecule has 4 nitrogen and oxygen atoms in total. The molecular formula is C4H4BrIN2O2. The van der Waals surface area contributed by atoms with Crippen LogP contribution in [0.25, 0.3) is 0 Å². The zero-order chi connectivity index (χ0) is 7.78. The van der Waals surface area contributed by atoms with E-state index < -0.39 is 8.36 Å². The van der Waals surface area contributed by atoms with Crippen molar-refractivity contribution in [2.24, 2.45) is 0 Å². The first-order chi connectivity index (χ1) is 4.52. The monoisotopic (exact) mass is 318 g/mol. The Morgan fingerprint density at radius 1 is 1.60 bits per heavy atom. The highest BCUT2D eigenvalue weighted by Gasteiger charge is 2.37. The number of alkyl halides is 2. The number of hydrogen-bond acceptors (Lipinski definition) is 2. The highest BCUT2D eigenvalue weighted by Crippen LogP contribution is 2.27. The Hall–Kier alpha value is 0.150. The molecule has 0 spiro atoms. The molecule has 0 aromatic carbocycles. The molecule has 0 aromatic heterocycles. The second-order valence-electron chi connectivity index (χ2n) is 1.84. The minimum absolute atomic E-state index is 0.308. The maximum absolute atomic E-state index is 10.9. The van der Waals surface area contributed by atoms with Crippen molar-refractivity contribution in [2.45, 2.75) is 2.33 Å². The van der Waals surface area contributed by atoms with Gasteiger partial charge in [-0.15, -0.1) is 0 Å². The van der Waals surface area contributed by atoms with E-state index in [2.05, 4.69) is 26.6 Å². The van der Waals surface area contributed by atoms with Crippen molar-refractivity contribution in [3.63, 3.8) is 0 Å². The molecule has 6 heteroatoms. The van der Waals surface area contributed by atoms with Crippen LogP contribution in [0.1, 0.15) is 0 Å². The average molecular weight is 319 g/mol. The first kappa shape index (κ1) is 8.25. The van der Waals surface area contributed by atoms with Crippen molar-refractivity contribution in [1.82, 2.24) is 10.6 Å². The molecule has 1 rings (SSSR count). The normalized spacial score (nSPS) is 33.0. The number of amides is 3. The number of halogens is 2. The van der Waals surface area contributed by atoms with E-state index >= 15 is 0 Å². The third-order valence-electron chi connectivity index (χ3n) is 1.03. The van der Waals surface area contributed by atoms with E-state index in [1.165, 1.54) is 0 Å². The lowest BCUT2D eigenvalue weighted by Crippen LogP contribution is -2.57. The van der Waals surface area contributed by atoms with Gasteiger partial charge in [-0.05, 0) is 0 Å². The van der Waals surface area contributed by atoms with E-state index in [1.807, 2.05) is 22.6 Å². The van der Waals surface area contributed by atoms with Crippen LogP contribution in [0.3, 0.4) is 0 Å². The van der Waals surface area contributed by atoms with Gasteiger partial charge < -0.3 is 5.32 Å². The third kappa shape index (κ3) is 1.60. The van der Waals surface area contributed by atoms with Crippen molar-refractivity contribution >= 4 is 50.5 Å². The van der Waals surface area contributed by atoms with E-state index in [0.717, 1.165) is 0 Å². The summed E-state index contributed by atoms with van der Waals surface area (Å²) in [5.41, 5.74) is 0. The summed E-state index contributed by atoms with van der Waals surface area (Å²) in [6.45, 7) is 0.318. The largest absolute Gasteiger partial charge is 0.335 e. The molecule has 0 radical (unpaired) electrons. The maximum atomic E-state index is 10.9. The first-order valence-corrected chi connectivity index (χ1v) is 4.37. The minimum atomic E-state index is -0.682. The first-order valence-electron chi connectivity index (χ1n) is 2.49. The fraction of sp³-hybridized carbons (Fsp3) is 0.500. The number of nitrogens with one attached hydrogen (secondary N) is 2. The van der Waals surface area contributed by atoms with Crippen LogP contribution >= 0.6 is 38.5 Å². The zero-order valence-electron chi connectivity index (χ0n) is 4.78. The number of urea groups is 1. The number of carbonyl (C=O) groups excluding carboxylic acids is 2. The summed E-state index contributed by atoms with van der Waals surface area (Å²) >= 11 is 5.06. The van der Waals surface area contributed by atoms with Gasteiger partial charge in [0.15, 0.2) is 2.33 Å². The van der Waals surface area contributed by atoms with E-state index in [0.29, 0.717) is 6.54 Å². The van der Waals surface area contributed by atoms with Crippen LogP contribution in [-0.4, -0.2) is 20.8 Å². The number of rotatable bonds is 0. The van der Waals surface area contributed by atoms with Gasteiger partial charge in [0.25, 0.3) is 5.91 Å². The Kier molecular flexibility index (Phi) is 2.18. The third-order valence-corrected chi connectivity index (χ3v) is 2.54. The van der Waals surface area contributed by atoms with Crippen molar-refractivity contribution in [3.05, 3.63) is 0 Å². The van der Waals surface area contributed by atoms with Gasteiger partial charge >= 0.3 is 6.03 Å². The summed E-state index contributed by atoms with van der Waals surface area (Å²) in [5.74, 6) is -0.308. The summed E-state index contributed by atoms with van der Waals surface area (Å²) in [4.78, 5) is 21.4. The predicted octanol–water partition coefficient (Wildman–Crippen LogP) is 0.352. The fourth-order valence-corrected chi connectivity index (χ4v) is 1.08. The molecule has 0 bridgehead atoms. The van der Waals surface area contributed by atoms with Gasteiger partial charge in [-0.25, -0.2) is 4.79 Å².